The highest BCUT2D eigenvalue weighted by atomic mass is 16.5. The summed E-state index contributed by atoms with van der Waals surface area (Å²) in [6, 6.07) is 5.44. The SMILES string of the molecule is CC1CNc2cc(C(=O)CNCCOCCO)ccc2O1. The number of hydrogen-bond acceptors (Lipinski definition) is 6. The van der Waals surface area contributed by atoms with E-state index >= 15 is 0 Å². The minimum Gasteiger partial charge on any atom is -0.487 e. The quantitative estimate of drug-likeness (QED) is 0.483. The van der Waals surface area contributed by atoms with Crippen LogP contribution in [0.3, 0.4) is 0 Å². The molecular formula is C15H22N2O4. The van der Waals surface area contributed by atoms with Gasteiger partial charge in [-0.25, -0.2) is 0 Å². The Bertz CT molecular complexity index is 479. The van der Waals surface area contributed by atoms with Crippen LogP contribution in [0.15, 0.2) is 18.2 Å². The molecule has 0 spiro atoms. The van der Waals surface area contributed by atoms with Gasteiger partial charge in [0.2, 0.25) is 0 Å². The van der Waals surface area contributed by atoms with E-state index in [1.807, 2.05) is 19.1 Å². The smallest absolute Gasteiger partial charge is 0.176 e. The van der Waals surface area contributed by atoms with E-state index in [2.05, 4.69) is 10.6 Å². The Kier molecular flexibility index (Phi) is 5.98. The van der Waals surface area contributed by atoms with Gasteiger partial charge < -0.3 is 25.2 Å². The van der Waals surface area contributed by atoms with Crippen LogP contribution in [0.4, 0.5) is 5.69 Å². The number of fused-ring (bicyclic) bond motifs is 1. The Morgan fingerprint density at radius 1 is 1.52 bits per heavy atom. The largest absolute Gasteiger partial charge is 0.487 e. The first-order valence-corrected chi connectivity index (χ1v) is 7.18. The molecule has 6 heteroatoms. The van der Waals surface area contributed by atoms with E-state index in [0.717, 1.165) is 18.0 Å². The van der Waals surface area contributed by atoms with Crippen molar-refractivity contribution in [3.05, 3.63) is 23.8 Å². The molecule has 1 heterocycles. The molecule has 3 N–H and O–H groups in total. The lowest BCUT2D eigenvalue weighted by Gasteiger charge is -2.25. The number of carbonyl (C=O) groups is 1. The lowest BCUT2D eigenvalue weighted by atomic mass is 10.1. The highest BCUT2D eigenvalue weighted by molar-refractivity contribution is 5.98. The number of carbonyl (C=O) groups excluding carboxylic acids is 1. The van der Waals surface area contributed by atoms with Gasteiger partial charge in [0.1, 0.15) is 11.9 Å². The lowest BCUT2D eigenvalue weighted by Crippen LogP contribution is -2.29. The molecule has 0 radical (unpaired) electrons. The maximum atomic E-state index is 12.1. The topological polar surface area (TPSA) is 79.8 Å². The third-order valence-corrected chi connectivity index (χ3v) is 3.15. The van der Waals surface area contributed by atoms with Crippen LogP contribution >= 0.6 is 0 Å². The fourth-order valence-corrected chi connectivity index (χ4v) is 2.07. The van der Waals surface area contributed by atoms with E-state index in [4.69, 9.17) is 14.6 Å². The zero-order valence-electron chi connectivity index (χ0n) is 12.2. The van der Waals surface area contributed by atoms with Crippen molar-refractivity contribution in [3.63, 3.8) is 0 Å². The van der Waals surface area contributed by atoms with Gasteiger partial charge in [0.15, 0.2) is 5.78 Å². The molecule has 0 aromatic heterocycles. The van der Waals surface area contributed by atoms with E-state index in [9.17, 15) is 4.79 Å². The molecule has 6 nitrogen and oxygen atoms in total. The van der Waals surface area contributed by atoms with Crippen LogP contribution in [0.1, 0.15) is 17.3 Å². The summed E-state index contributed by atoms with van der Waals surface area (Å²) >= 11 is 0. The summed E-state index contributed by atoms with van der Waals surface area (Å²) in [5.74, 6) is 0.816. The Morgan fingerprint density at radius 3 is 3.19 bits per heavy atom. The molecule has 0 aliphatic carbocycles. The monoisotopic (exact) mass is 294 g/mol. The first-order valence-electron chi connectivity index (χ1n) is 7.18. The number of nitrogens with one attached hydrogen (secondary N) is 2. The number of ketones is 1. The highest BCUT2D eigenvalue weighted by Gasteiger charge is 2.17. The molecule has 1 aromatic carbocycles. The van der Waals surface area contributed by atoms with Crippen LogP contribution < -0.4 is 15.4 Å². The van der Waals surface area contributed by atoms with E-state index < -0.39 is 0 Å². The third-order valence-electron chi connectivity index (χ3n) is 3.15. The molecule has 0 saturated carbocycles. The number of ether oxygens (including phenoxy) is 2. The Morgan fingerprint density at radius 2 is 2.38 bits per heavy atom. The van der Waals surface area contributed by atoms with Gasteiger partial charge >= 0.3 is 0 Å². The molecule has 0 amide bonds. The van der Waals surface area contributed by atoms with E-state index in [1.54, 1.807) is 6.07 Å². The predicted molar refractivity (Wildman–Crippen MR) is 80.1 cm³/mol. The molecule has 2 rings (SSSR count). The van der Waals surface area contributed by atoms with Crippen molar-refractivity contribution in [3.8, 4) is 5.75 Å². The first-order chi connectivity index (χ1) is 10.2. The Balaban J connectivity index is 1.80. The summed E-state index contributed by atoms with van der Waals surface area (Å²) in [6.07, 6.45) is 0.139. The fourth-order valence-electron chi connectivity index (χ4n) is 2.07. The lowest BCUT2D eigenvalue weighted by molar-refractivity contribution is 0.0906. The molecule has 1 atom stereocenters. The predicted octanol–water partition coefficient (Wildman–Crippen LogP) is 0.661. The van der Waals surface area contributed by atoms with Crippen LogP contribution in [0.5, 0.6) is 5.75 Å². The molecule has 1 aliphatic heterocycles. The number of hydrogen-bond donors (Lipinski definition) is 3. The van der Waals surface area contributed by atoms with Gasteiger partial charge in [-0.3, -0.25) is 4.79 Å². The van der Waals surface area contributed by atoms with Crippen LogP contribution in [0.25, 0.3) is 0 Å². The van der Waals surface area contributed by atoms with Gasteiger partial charge in [0.25, 0.3) is 0 Å². The number of Topliss-reactive ketones (excluding diaryl/α,β-unsaturated/α-hetero) is 1. The summed E-state index contributed by atoms with van der Waals surface area (Å²) in [4.78, 5) is 12.1. The summed E-state index contributed by atoms with van der Waals surface area (Å²) in [5.41, 5.74) is 1.52. The molecule has 1 unspecified atom stereocenters. The summed E-state index contributed by atoms with van der Waals surface area (Å²) in [6.45, 7) is 4.40. The molecule has 1 aromatic rings. The molecule has 21 heavy (non-hydrogen) atoms. The van der Waals surface area contributed by atoms with Gasteiger partial charge in [-0.15, -0.1) is 0 Å². The average Bonchev–Trinajstić information content (AvgIpc) is 2.50. The van der Waals surface area contributed by atoms with E-state index in [0.29, 0.717) is 25.3 Å². The van der Waals surface area contributed by atoms with Crippen molar-refractivity contribution in [2.24, 2.45) is 0 Å². The number of aliphatic hydroxyl groups is 1. The zero-order chi connectivity index (χ0) is 15.1. The highest BCUT2D eigenvalue weighted by Crippen LogP contribution is 2.29. The van der Waals surface area contributed by atoms with Crippen molar-refractivity contribution in [1.29, 1.82) is 0 Å². The van der Waals surface area contributed by atoms with Crippen molar-refractivity contribution in [1.82, 2.24) is 5.32 Å². The number of rotatable bonds is 8. The summed E-state index contributed by atoms with van der Waals surface area (Å²) in [7, 11) is 0. The summed E-state index contributed by atoms with van der Waals surface area (Å²) < 4.78 is 10.8. The van der Waals surface area contributed by atoms with Crippen LogP contribution in [-0.4, -0.2) is 56.4 Å². The zero-order valence-corrected chi connectivity index (χ0v) is 12.2. The third kappa shape index (κ3) is 4.70. The number of benzene rings is 1. The minimum absolute atomic E-state index is 0.0156. The van der Waals surface area contributed by atoms with Crippen LogP contribution in [0, 0.1) is 0 Å². The van der Waals surface area contributed by atoms with Gasteiger partial charge in [-0.05, 0) is 25.1 Å². The second-order valence-electron chi connectivity index (χ2n) is 4.96. The number of anilines is 1. The van der Waals surface area contributed by atoms with Gasteiger partial charge in [-0.1, -0.05) is 0 Å². The number of aliphatic hydroxyl groups excluding tert-OH is 1. The van der Waals surface area contributed by atoms with Crippen LogP contribution in [-0.2, 0) is 4.74 Å². The average molecular weight is 294 g/mol. The molecule has 0 saturated heterocycles. The van der Waals surface area contributed by atoms with Gasteiger partial charge in [-0.2, -0.15) is 0 Å². The van der Waals surface area contributed by atoms with Crippen molar-refractivity contribution in [2.45, 2.75) is 13.0 Å². The summed E-state index contributed by atoms with van der Waals surface area (Å²) in [5, 5.41) is 14.8. The van der Waals surface area contributed by atoms with Crippen molar-refractivity contribution < 1.29 is 19.4 Å². The molecule has 0 fully saturated rings. The van der Waals surface area contributed by atoms with E-state index in [-0.39, 0.29) is 25.0 Å². The Hall–Kier alpha value is -1.63. The van der Waals surface area contributed by atoms with Gasteiger partial charge in [0.05, 0.1) is 38.6 Å². The standard InChI is InChI=1S/C15H22N2O4/c1-11-9-17-13-8-12(2-3-15(13)21-11)14(19)10-16-4-6-20-7-5-18/h2-3,8,11,16-18H,4-7,9-10H2,1H3. The molecule has 1 aliphatic rings. The minimum atomic E-state index is 0.0156. The molecular weight excluding hydrogens is 272 g/mol. The second kappa shape index (κ2) is 7.97. The van der Waals surface area contributed by atoms with E-state index in [1.165, 1.54) is 0 Å². The normalized spacial score (nSPS) is 16.8. The second-order valence-corrected chi connectivity index (χ2v) is 4.96. The Labute approximate surface area is 124 Å². The van der Waals surface area contributed by atoms with Crippen LogP contribution in [0.2, 0.25) is 0 Å². The van der Waals surface area contributed by atoms with Crippen molar-refractivity contribution >= 4 is 11.5 Å². The maximum Gasteiger partial charge on any atom is 0.176 e. The van der Waals surface area contributed by atoms with Gasteiger partial charge in [0, 0.05) is 12.1 Å². The maximum absolute atomic E-state index is 12.1. The molecule has 0 bridgehead atoms. The first kappa shape index (κ1) is 15.8. The van der Waals surface area contributed by atoms with Crippen molar-refractivity contribution in [2.75, 3.05) is 44.8 Å². The molecule has 116 valence electrons. The fraction of sp³-hybridized carbons (Fsp3) is 0.533.